The SMILES string of the molecule is NC(=O)c1cccc(-c2ccc(C3(Cc4ccccc4)COC(N)O3)nc2)c1. The summed E-state index contributed by atoms with van der Waals surface area (Å²) in [5.74, 6) is -0.460. The van der Waals surface area contributed by atoms with Gasteiger partial charge in [0.2, 0.25) is 12.3 Å². The fourth-order valence-electron chi connectivity index (χ4n) is 3.44. The number of hydrogen-bond donors (Lipinski definition) is 2. The van der Waals surface area contributed by atoms with Gasteiger partial charge in [-0.15, -0.1) is 0 Å². The molecule has 1 fully saturated rings. The molecule has 2 unspecified atom stereocenters. The lowest BCUT2D eigenvalue weighted by Crippen LogP contribution is -2.34. The highest BCUT2D eigenvalue weighted by molar-refractivity contribution is 5.94. The number of ether oxygens (including phenoxy) is 2. The van der Waals surface area contributed by atoms with E-state index >= 15 is 0 Å². The van der Waals surface area contributed by atoms with Crippen molar-refractivity contribution in [2.45, 2.75) is 18.4 Å². The van der Waals surface area contributed by atoms with Crippen LogP contribution in [0.2, 0.25) is 0 Å². The van der Waals surface area contributed by atoms with E-state index in [9.17, 15) is 4.79 Å². The molecule has 0 saturated carbocycles. The van der Waals surface area contributed by atoms with Gasteiger partial charge in [0.05, 0.1) is 12.3 Å². The Labute approximate surface area is 163 Å². The normalized spacial score (nSPS) is 21.5. The van der Waals surface area contributed by atoms with Crippen LogP contribution in [0.1, 0.15) is 21.6 Å². The van der Waals surface area contributed by atoms with Crippen LogP contribution in [0.25, 0.3) is 11.1 Å². The molecule has 1 aliphatic rings. The molecule has 0 aliphatic carbocycles. The quantitative estimate of drug-likeness (QED) is 0.714. The molecule has 0 spiro atoms. The van der Waals surface area contributed by atoms with Crippen molar-refractivity contribution in [3.63, 3.8) is 0 Å². The molecule has 2 aromatic carbocycles. The molecule has 28 heavy (non-hydrogen) atoms. The van der Waals surface area contributed by atoms with Crippen LogP contribution in [0.5, 0.6) is 0 Å². The van der Waals surface area contributed by atoms with Gasteiger partial charge < -0.3 is 15.2 Å². The zero-order valence-corrected chi connectivity index (χ0v) is 15.2. The first-order chi connectivity index (χ1) is 13.6. The minimum atomic E-state index is -0.780. The van der Waals surface area contributed by atoms with Crippen molar-refractivity contribution in [1.29, 1.82) is 0 Å². The summed E-state index contributed by atoms with van der Waals surface area (Å²) >= 11 is 0. The van der Waals surface area contributed by atoms with E-state index in [1.54, 1.807) is 24.4 Å². The molecule has 1 saturated heterocycles. The third-order valence-corrected chi connectivity index (χ3v) is 4.87. The van der Waals surface area contributed by atoms with E-state index in [0.29, 0.717) is 18.6 Å². The van der Waals surface area contributed by atoms with Crippen LogP contribution in [-0.4, -0.2) is 23.9 Å². The van der Waals surface area contributed by atoms with Crippen LogP contribution in [0.15, 0.2) is 72.9 Å². The number of primary amides is 1. The Morgan fingerprint density at radius 3 is 2.54 bits per heavy atom. The van der Waals surface area contributed by atoms with Gasteiger partial charge in [-0.05, 0) is 29.3 Å². The Bertz CT molecular complexity index is 976. The summed E-state index contributed by atoms with van der Waals surface area (Å²) in [6.45, 7) is 0.326. The highest BCUT2D eigenvalue weighted by atomic mass is 16.7. The van der Waals surface area contributed by atoms with E-state index < -0.39 is 17.9 Å². The van der Waals surface area contributed by atoms with Gasteiger partial charge in [-0.1, -0.05) is 48.5 Å². The standard InChI is InChI=1S/C22H21N3O3/c23-20(26)17-8-4-7-16(11-17)18-9-10-19(25-13-18)22(14-27-21(24)28-22)12-15-5-2-1-3-6-15/h1-11,13,21H,12,14,24H2,(H2,23,26). The van der Waals surface area contributed by atoms with E-state index in [-0.39, 0.29) is 0 Å². The number of nitrogens with zero attached hydrogens (tertiary/aromatic N) is 1. The molecule has 6 nitrogen and oxygen atoms in total. The van der Waals surface area contributed by atoms with E-state index in [1.165, 1.54) is 0 Å². The van der Waals surface area contributed by atoms with E-state index in [4.69, 9.17) is 20.9 Å². The first kappa shape index (κ1) is 18.3. The van der Waals surface area contributed by atoms with Crippen molar-refractivity contribution < 1.29 is 14.3 Å². The van der Waals surface area contributed by atoms with Crippen LogP contribution in [0.3, 0.4) is 0 Å². The van der Waals surface area contributed by atoms with Crippen LogP contribution in [0, 0.1) is 0 Å². The van der Waals surface area contributed by atoms with Crippen molar-refractivity contribution in [1.82, 2.24) is 4.98 Å². The molecule has 2 heterocycles. The van der Waals surface area contributed by atoms with Gasteiger partial charge in [-0.2, -0.15) is 0 Å². The van der Waals surface area contributed by atoms with Crippen LogP contribution < -0.4 is 11.5 Å². The van der Waals surface area contributed by atoms with Crippen LogP contribution >= 0.6 is 0 Å². The topological polar surface area (TPSA) is 100 Å². The maximum absolute atomic E-state index is 11.4. The number of carbonyl (C=O) groups excluding carboxylic acids is 1. The van der Waals surface area contributed by atoms with Crippen LogP contribution in [-0.2, 0) is 21.5 Å². The molecule has 2 atom stereocenters. The van der Waals surface area contributed by atoms with Gasteiger partial charge in [0, 0.05) is 23.7 Å². The molecule has 0 radical (unpaired) electrons. The Morgan fingerprint density at radius 2 is 1.89 bits per heavy atom. The molecular formula is C22H21N3O3. The Kier molecular flexibility index (Phi) is 4.92. The fourth-order valence-corrected chi connectivity index (χ4v) is 3.44. The number of amides is 1. The summed E-state index contributed by atoms with van der Waals surface area (Å²) in [6.07, 6.45) is 1.58. The minimum absolute atomic E-state index is 0.326. The zero-order valence-electron chi connectivity index (χ0n) is 15.2. The van der Waals surface area contributed by atoms with Gasteiger partial charge in [-0.25, -0.2) is 0 Å². The predicted octanol–water partition coefficient (Wildman–Crippen LogP) is 2.57. The zero-order chi connectivity index (χ0) is 19.6. The average molecular weight is 375 g/mol. The lowest BCUT2D eigenvalue weighted by atomic mass is 9.91. The lowest BCUT2D eigenvalue weighted by molar-refractivity contribution is -0.0886. The second-order valence-electron chi connectivity index (χ2n) is 6.83. The van der Waals surface area contributed by atoms with Crippen molar-refractivity contribution in [2.24, 2.45) is 11.5 Å². The molecule has 142 valence electrons. The van der Waals surface area contributed by atoms with E-state index in [1.807, 2.05) is 48.5 Å². The summed E-state index contributed by atoms with van der Waals surface area (Å²) in [4.78, 5) is 16.1. The summed E-state index contributed by atoms with van der Waals surface area (Å²) in [5.41, 5.74) is 14.6. The van der Waals surface area contributed by atoms with Crippen molar-refractivity contribution in [2.75, 3.05) is 6.61 Å². The fraction of sp³-hybridized carbons (Fsp3) is 0.182. The number of benzene rings is 2. The molecular weight excluding hydrogens is 354 g/mol. The van der Waals surface area contributed by atoms with Crippen molar-refractivity contribution in [3.8, 4) is 11.1 Å². The lowest BCUT2D eigenvalue weighted by Gasteiger charge is -2.26. The number of carbonyl (C=O) groups is 1. The molecule has 4 N–H and O–H groups in total. The summed E-state index contributed by atoms with van der Waals surface area (Å²) in [6, 6.07) is 21.0. The maximum Gasteiger partial charge on any atom is 0.248 e. The average Bonchev–Trinajstić information content (AvgIpc) is 3.10. The second-order valence-corrected chi connectivity index (χ2v) is 6.83. The number of hydrogen-bond acceptors (Lipinski definition) is 5. The van der Waals surface area contributed by atoms with Crippen molar-refractivity contribution >= 4 is 5.91 Å². The smallest absolute Gasteiger partial charge is 0.248 e. The summed E-state index contributed by atoms with van der Waals surface area (Å²) < 4.78 is 11.5. The first-order valence-electron chi connectivity index (χ1n) is 9.01. The third-order valence-electron chi connectivity index (χ3n) is 4.87. The van der Waals surface area contributed by atoms with Crippen LogP contribution in [0.4, 0.5) is 0 Å². The van der Waals surface area contributed by atoms with Crippen molar-refractivity contribution in [3.05, 3.63) is 89.7 Å². The first-order valence-corrected chi connectivity index (χ1v) is 9.01. The predicted molar refractivity (Wildman–Crippen MR) is 105 cm³/mol. The Hall–Kier alpha value is -3.06. The molecule has 1 amide bonds. The van der Waals surface area contributed by atoms with Gasteiger partial charge in [-0.3, -0.25) is 15.5 Å². The van der Waals surface area contributed by atoms with Gasteiger partial charge in [0.1, 0.15) is 5.60 Å². The number of pyridine rings is 1. The van der Waals surface area contributed by atoms with Gasteiger partial charge in [0.25, 0.3) is 0 Å². The number of aromatic nitrogens is 1. The van der Waals surface area contributed by atoms with E-state index in [0.717, 1.165) is 22.4 Å². The molecule has 0 bridgehead atoms. The second kappa shape index (κ2) is 7.52. The molecule has 3 aromatic rings. The maximum atomic E-state index is 11.4. The molecule has 1 aliphatic heterocycles. The summed E-state index contributed by atoms with van der Waals surface area (Å²) in [7, 11) is 0. The Morgan fingerprint density at radius 1 is 1.07 bits per heavy atom. The molecule has 4 rings (SSSR count). The highest BCUT2D eigenvalue weighted by Crippen LogP contribution is 2.35. The molecule has 1 aromatic heterocycles. The summed E-state index contributed by atoms with van der Waals surface area (Å²) in [5, 5.41) is 0. The third kappa shape index (κ3) is 3.66. The largest absolute Gasteiger partial charge is 0.366 e. The highest BCUT2D eigenvalue weighted by Gasteiger charge is 2.43. The Balaban J connectivity index is 1.65. The number of rotatable bonds is 5. The van der Waals surface area contributed by atoms with Gasteiger partial charge >= 0.3 is 0 Å². The number of nitrogens with two attached hydrogens (primary N) is 2. The minimum Gasteiger partial charge on any atom is -0.366 e. The van der Waals surface area contributed by atoms with Gasteiger partial charge in [0.15, 0.2) is 0 Å². The molecule has 6 heteroatoms. The monoisotopic (exact) mass is 375 g/mol. The van der Waals surface area contributed by atoms with E-state index in [2.05, 4.69) is 4.98 Å².